The minimum Gasteiger partial charge on any atom is -0.377 e. The van der Waals surface area contributed by atoms with Crippen LogP contribution in [0.5, 0.6) is 0 Å². The van der Waals surface area contributed by atoms with Gasteiger partial charge in [0.05, 0.1) is 24.2 Å². The molecule has 3 rings (SSSR count). The molecule has 2 fully saturated rings. The van der Waals surface area contributed by atoms with E-state index in [2.05, 4.69) is 21.2 Å². The maximum atomic E-state index is 12.6. The summed E-state index contributed by atoms with van der Waals surface area (Å²) in [6.07, 6.45) is 2.65. The summed E-state index contributed by atoms with van der Waals surface area (Å²) in [5.74, 6) is 0.200. The van der Waals surface area contributed by atoms with Gasteiger partial charge in [-0.15, -0.1) is 0 Å². The van der Waals surface area contributed by atoms with Crippen LogP contribution in [0.3, 0.4) is 0 Å². The first-order chi connectivity index (χ1) is 12.3. The number of carbonyl (C=O) groups is 1. The summed E-state index contributed by atoms with van der Waals surface area (Å²) in [5, 5.41) is 2.92. The van der Waals surface area contributed by atoms with Gasteiger partial charge in [0.2, 0.25) is 5.91 Å². The Labute approximate surface area is 163 Å². The first kappa shape index (κ1) is 19.8. The van der Waals surface area contributed by atoms with E-state index in [1.807, 2.05) is 30.0 Å². The van der Waals surface area contributed by atoms with Gasteiger partial charge in [0.15, 0.2) is 9.84 Å². The Kier molecular flexibility index (Phi) is 6.37. The summed E-state index contributed by atoms with van der Waals surface area (Å²) < 4.78 is 30.4. The van der Waals surface area contributed by atoms with Crippen molar-refractivity contribution < 1.29 is 17.9 Å². The van der Waals surface area contributed by atoms with Gasteiger partial charge in [0, 0.05) is 29.4 Å². The van der Waals surface area contributed by atoms with Crippen molar-refractivity contribution in [1.29, 1.82) is 0 Å². The highest BCUT2D eigenvalue weighted by atomic mass is 79.9. The Hall–Kier alpha value is -0.960. The molecule has 1 aromatic carbocycles. The Balaban J connectivity index is 1.65. The Morgan fingerprint density at radius 2 is 2.19 bits per heavy atom. The molecular weight excluding hydrogens is 420 g/mol. The standard InChI is InChI=1S/C18H25BrN2O4S/c1-13-9-14(4-5-17(13)19)20-18(22)11-21(10-16-3-2-7-25-16)15-6-8-26(23,24)12-15/h4-5,9,15-16H,2-3,6-8,10-12H2,1H3,(H,20,22). The number of rotatable bonds is 6. The van der Waals surface area contributed by atoms with Gasteiger partial charge in [0.1, 0.15) is 0 Å². The van der Waals surface area contributed by atoms with E-state index in [-0.39, 0.29) is 36.1 Å². The molecule has 2 heterocycles. The lowest BCUT2D eigenvalue weighted by Gasteiger charge is -2.29. The zero-order valence-corrected chi connectivity index (χ0v) is 17.3. The van der Waals surface area contributed by atoms with Crippen molar-refractivity contribution in [2.45, 2.75) is 38.3 Å². The molecule has 2 aliphatic heterocycles. The van der Waals surface area contributed by atoms with Crippen LogP contribution in [0.1, 0.15) is 24.8 Å². The molecule has 6 nitrogen and oxygen atoms in total. The van der Waals surface area contributed by atoms with Gasteiger partial charge in [-0.3, -0.25) is 9.69 Å². The molecule has 0 spiro atoms. The fourth-order valence-corrected chi connectivity index (χ4v) is 5.57. The zero-order chi connectivity index (χ0) is 18.7. The molecule has 2 aliphatic rings. The number of anilines is 1. The quantitative estimate of drug-likeness (QED) is 0.728. The van der Waals surface area contributed by atoms with Crippen LogP contribution in [0, 0.1) is 6.92 Å². The molecule has 2 atom stereocenters. The summed E-state index contributed by atoms with van der Waals surface area (Å²) in [4.78, 5) is 14.5. The van der Waals surface area contributed by atoms with E-state index >= 15 is 0 Å². The number of amides is 1. The number of nitrogens with zero attached hydrogens (tertiary/aromatic N) is 1. The number of sulfone groups is 1. The fraction of sp³-hybridized carbons (Fsp3) is 0.611. The zero-order valence-electron chi connectivity index (χ0n) is 14.9. The Morgan fingerprint density at radius 1 is 1.38 bits per heavy atom. The number of halogens is 1. The molecule has 26 heavy (non-hydrogen) atoms. The van der Waals surface area contributed by atoms with Gasteiger partial charge in [-0.25, -0.2) is 8.42 Å². The van der Waals surface area contributed by atoms with Gasteiger partial charge < -0.3 is 10.1 Å². The maximum Gasteiger partial charge on any atom is 0.238 e. The third kappa shape index (κ3) is 5.28. The predicted molar refractivity (Wildman–Crippen MR) is 105 cm³/mol. The number of ether oxygens (including phenoxy) is 1. The summed E-state index contributed by atoms with van der Waals surface area (Å²) in [6.45, 7) is 3.49. The van der Waals surface area contributed by atoms with Crippen LogP contribution in [0.15, 0.2) is 22.7 Å². The lowest BCUT2D eigenvalue weighted by molar-refractivity contribution is -0.118. The molecule has 0 saturated carbocycles. The SMILES string of the molecule is Cc1cc(NC(=O)CN(CC2CCCO2)C2CCS(=O)(=O)C2)ccc1Br. The van der Waals surface area contributed by atoms with E-state index in [0.717, 1.165) is 35.2 Å². The minimum absolute atomic E-state index is 0.0843. The highest BCUT2D eigenvalue weighted by Gasteiger charge is 2.34. The minimum atomic E-state index is -3.00. The smallest absolute Gasteiger partial charge is 0.238 e. The van der Waals surface area contributed by atoms with E-state index in [0.29, 0.717) is 13.0 Å². The van der Waals surface area contributed by atoms with Crippen LogP contribution in [-0.2, 0) is 19.4 Å². The van der Waals surface area contributed by atoms with Gasteiger partial charge in [-0.1, -0.05) is 15.9 Å². The summed E-state index contributed by atoms with van der Waals surface area (Å²) in [5.41, 5.74) is 1.78. The molecule has 0 aliphatic carbocycles. The molecule has 0 radical (unpaired) electrons. The number of nitrogens with one attached hydrogen (secondary N) is 1. The van der Waals surface area contributed by atoms with Crippen molar-refractivity contribution >= 4 is 37.4 Å². The summed E-state index contributed by atoms with van der Waals surface area (Å²) in [6, 6.07) is 5.55. The van der Waals surface area contributed by atoms with Crippen molar-refractivity contribution in [3.05, 3.63) is 28.2 Å². The van der Waals surface area contributed by atoms with Gasteiger partial charge >= 0.3 is 0 Å². The number of hydrogen-bond acceptors (Lipinski definition) is 5. The lowest BCUT2D eigenvalue weighted by atomic mass is 10.1. The lowest BCUT2D eigenvalue weighted by Crippen LogP contribution is -2.45. The van der Waals surface area contributed by atoms with Crippen LogP contribution < -0.4 is 5.32 Å². The summed E-state index contributed by atoms with van der Waals surface area (Å²) in [7, 11) is -3.00. The van der Waals surface area contributed by atoms with E-state index in [1.165, 1.54) is 0 Å². The Bertz CT molecular complexity index is 762. The second-order valence-electron chi connectivity index (χ2n) is 7.13. The monoisotopic (exact) mass is 444 g/mol. The third-order valence-electron chi connectivity index (χ3n) is 4.98. The van der Waals surface area contributed by atoms with E-state index in [1.54, 1.807) is 0 Å². The molecule has 1 aromatic rings. The molecule has 0 aromatic heterocycles. The topological polar surface area (TPSA) is 75.7 Å². The van der Waals surface area contributed by atoms with E-state index in [4.69, 9.17) is 4.74 Å². The first-order valence-corrected chi connectivity index (χ1v) is 11.6. The molecular formula is C18H25BrN2O4S. The molecule has 1 amide bonds. The molecule has 2 unspecified atom stereocenters. The molecule has 1 N–H and O–H groups in total. The van der Waals surface area contributed by atoms with Crippen molar-refractivity contribution in [2.75, 3.05) is 36.5 Å². The predicted octanol–water partition coefficient (Wildman–Crippen LogP) is 2.36. The molecule has 8 heteroatoms. The van der Waals surface area contributed by atoms with E-state index in [9.17, 15) is 13.2 Å². The average Bonchev–Trinajstić information content (AvgIpc) is 3.19. The maximum absolute atomic E-state index is 12.6. The Morgan fingerprint density at radius 3 is 2.81 bits per heavy atom. The number of carbonyl (C=O) groups excluding carboxylic acids is 1. The van der Waals surface area contributed by atoms with Crippen LogP contribution in [0.25, 0.3) is 0 Å². The van der Waals surface area contributed by atoms with E-state index < -0.39 is 9.84 Å². The second-order valence-corrected chi connectivity index (χ2v) is 10.2. The van der Waals surface area contributed by atoms with Crippen molar-refractivity contribution in [1.82, 2.24) is 4.90 Å². The van der Waals surface area contributed by atoms with Crippen LogP contribution in [-0.4, -0.2) is 62.6 Å². The number of benzene rings is 1. The highest BCUT2D eigenvalue weighted by molar-refractivity contribution is 9.10. The second kappa shape index (κ2) is 8.37. The molecule has 2 saturated heterocycles. The van der Waals surface area contributed by atoms with Crippen LogP contribution in [0.4, 0.5) is 5.69 Å². The summed E-state index contributed by atoms with van der Waals surface area (Å²) >= 11 is 3.45. The van der Waals surface area contributed by atoms with Crippen LogP contribution in [0.2, 0.25) is 0 Å². The molecule has 144 valence electrons. The first-order valence-electron chi connectivity index (χ1n) is 8.94. The van der Waals surface area contributed by atoms with Gasteiger partial charge in [-0.05, 0) is 49.9 Å². The number of aryl methyl sites for hydroxylation is 1. The molecule has 0 bridgehead atoms. The van der Waals surface area contributed by atoms with Crippen LogP contribution >= 0.6 is 15.9 Å². The average molecular weight is 445 g/mol. The van der Waals surface area contributed by atoms with Crippen molar-refractivity contribution in [3.8, 4) is 0 Å². The fourth-order valence-electron chi connectivity index (χ4n) is 3.56. The highest BCUT2D eigenvalue weighted by Crippen LogP contribution is 2.22. The largest absolute Gasteiger partial charge is 0.377 e. The van der Waals surface area contributed by atoms with Crippen molar-refractivity contribution in [3.63, 3.8) is 0 Å². The third-order valence-corrected chi connectivity index (χ3v) is 7.62. The van der Waals surface area contributed by atoms with Crippen molar-refractivity contribution in [2.24, 2.45) is 0 Å². The normalized spacial score (nSPS) is 24.9. The van der Waals surface area contributed by atoms with Gasteiger partial charge in [-0.2, -0.15) is 0 Å². The number of hydrogen-bond donors (Lipinski definition) is 1. The van der Waals surface area contributed by atoms with Gasteiger partial charge in [0.25, 0.3) is 0 Å².